The van der Waals surface area contributed by atoms with Crippen LogP contribution in [0.4, 0.5) is 0 Å². The van der Waals surface area contributed by atoms with E-state index in [4.69, 9.17) is 11.6 Å². The lowest BCUT2D eigenvalue weighted by molar-refractivity contribution is 0.474. The van der Waals surface area contributed by atoms with Crippen LogP contribution in [0, 0.1) is 0 Å². The van der Waals surface area contributed by atoms with Gasteiger partial charge in [0.1, 0.15) is 5.75 Å². The number of halogens is 3. The fourth-order valence-corrected chi connectivity index (χ4v) is 2.10. The van der Waals surface area contributed by atoms with Crippen LogP contribution in [0.25, 0.3) is 10.9 Å². The van der Waals surface area contributed by atoms with E-state index in [1.165, 1.54) is 6.20 Å². The molecule has 0 saturated carbocycles. The van der Waals surface area contributed by atoms with E-state index in [1.807, 2.05) is 0 Å². The molecular weight excluding hydrogens is 289 g/mol. The third-order valence-electron chi connectivity index (χ3n) is 1.69. The summed E-state index contributed by atoms with van der Waals surface area (Å²) in [5, 5.41) is 10.6. The predicted octanol–water partition coefficient (Wildman–Crippen LogP) is 3.78. The maximum atomic E-state index is 9.19. The molecule has 0 fully saturated rings. The van der Waals surface area contributed by atoms with Gasteiger partial charge in [-0.3, -0.25) is 4.98 Å². The summed E-state index contributed by atoms with van der Waals surface area (Å²) in [4.78, 5) is 4.07. The normalized spacial score (nSPS) is 9.86. The van der Waals surface area contributed by atoms with Gasteiger partial charge in [-0.05, 0) is 34.1 Å². The smallest absolute Gasteiger partial charge is 0.134 e. The lowest BCUT2D eigenvalue weighted by Gasteiger charge is -2.00. The lowest BCUT2D eigenvalue weighted by atomic mass is 10.2. The maximum Gasteiger partial charge on any atom is 0.134 e. The van der Waals surface area contributed by atoms with Crippen molar-refractivity contribution in [3.63, 3.8) is 0 Å². The highest BCUT2D eigenvalue weighted by Gasteiger charge is 2.02. The van der Waals surface area contributed by atoms with Crippen LogP contribution in [-0.2, 0) is 0 Å². The van der Waals surface area contributed by atoms with E-state index in [9.17, 15) is 5.11 Å². The first-order valence-electron chi connectivity index (χ1n) is 3.60. The van der Waals surface area contributed by atoms with Gasteiger partial charge in [-0.1, -0.05) is 11.6 Å². The van der Waals surface area contributed by atoms with E-state index < -0.39 is 0 Å². The Labute approximate surface area is 100 Å². The highest BCUT2D eigenvalue weighted by molar-refractivity contribution is 9.10. The molecule has 1 heterocycles. The van der Waals surface area contributed by atoms with Crippen LogP contribution >= 0.6 is 39.9 Å². The molecule has 2 nitrogen and oxygen atoms in total. The molecule has 0 aliphatic rings. The minimum absolute atomic E-state index is 0. The molecule has 0 radical (unpaired) electrons. The van der Waals surface area contributed by atoms with Gasteiger partial charge in [-0.2, -0.15) is 0 Å². The fourth-order valence-electron chi connectivity index (χ4n) is 1.16. The van der Waals surface area contributed by atoms with Crippen LogP contribution in [0.1, 0.15) is 0 Å². The van der Waals surface area contributed by atoms with E-state index in [2.05, 4.69) is 20.9 Å². The van der Waals surface area contributed by atoms with E-state index in [0.717, 1.165) is 15.4 Å². The maximum absolute atomic E-state index is 9.19. The molecule has 0 bridgehead atoms. The van der Waals surface area contributed by atoms with Crippen molar-refractivity contribution in [2.75, 3.05) is 0 Å². The number of fused-ring (bicyclic) bond motifs is 1. The van der Waals surface area contributed by atoms with Crippen molar-refractivity contribution in [3.8, 4) is 5.75 Å². The van der Waals surface area contributed by atoms with Crippen LogP contribution in [0.2, 0.25) is 5.02 Å². The third-order valence-corrected chi connectivity index (χ3v) is 2.51. The molecule has 1 N–H and O–H groups in total. The summed E-state index contributed by atoms with van der Waals surface area (Å²) >= 11 is 9.18. The zero-order valence-electron chi connectivity index (χ0n) is 6.87. The fraction of sp³-hybridized carbons (Fsp3) is 0. The van der Waals surface area contributed by atoms with Crippen LogP contribution < -0.4 is 0 Å². The van der Waals surface area contributed by atoms with E-state index in [1.54, 1.807) is 18.2 Å². The molecular formula is C9H6BrCl2NO. The molecule has 0 spiro atoms. The van der Waals surface area contributed by atoms with Gasteiger partial charge in [0, 0.05) is 14.9 Å². The average Bonchev–Trinajstić information content (AvgIpc) is 2.02. The molecule has 74 valence electrons. The molecule has 14 heavy (non-hydrogen) atoms. The van der Waals surface area contributed by atoms with Crippen molar-refractivity contribution in [3.05, 3.63) is 33.9 Å². The molecule has 0 unspecified atom stereocenters. The number of benzene rings is 1. The third kappa shape index (κ3) is 2.11. The Morgan fingerprint density at radius 1 is 1.29 bits per heavy atom. The Bertz CT molecular complexity index is 470. The largest absolute Gasteiger partial charge is 0.506 e. The SMILES string of the molecule is Cl.Oc1cnc2c(Br)cc(Cl)cc2c1. The average molecular weight is 295 g/mol. The van der Waals surface area contributed by atoms with Gasteiger partial charge < -0.3 is 5.11 Å². The van der Waals surface area contributed by atoms with Crippen molar-refractivity contribution in [1.29, 1.82) is 0 Å². The Kier molecular flexibility index (Phi) is 3.59. The predicted molar refractivity (Wildman–Crippen MR) is 63.4 cm³/mol. The molecule has 0 atom stereocenters. The zero-order chi connectivity index (χ0) is 9.42. The summed E-state index contributed by atoms with van der Waals surface area (Å²) in [5.41, 5.74) is 0.794. The number of aromatic nitrogens is 1. The number of hydrogen-bond donors (Lipinski definition) is 1. The molecule has 5 heteroatoms. The quantitative estimate of drug-likeness (QED) is 0.802. The number of rotatable bonds is 0. The van der Waals surface area contributed by atoms with Gasteiger partial charge >= 0.3 is 0 Å². The summed E-state index contributed by atoms with van der Waals surface area (Å²) in [6.45, 7) is 0. The Hall–Kier alpha value is -0.510. The molecule has 0 aliphatic heterocycles. The number of aromatic hydroxyl groups is 1. The summed E-state index contributed by atoms with van der Waals surface area (Å²) in [7, 11) is 0. The summed E-state index contributed by atoms with van der Waals surface area (Å²) < 4.78 is 0.829. The summed E-state index contributed by atoms with van der Waals surface area (Å²) in [6.07, 6.45) is 1.40. The second-order valence-corrected chi connectivity index (χ2v) is 3.94. The molecule has 1 aromatic heterocycles. The molecule has 2 rings (SSSR count). The van der Waals surface area contributed by atoms with Crippen molar-refractivity contribution >= 4 is 50.8 Å². The van der Waals surface area contributed by atoms with Gasteiger partial charge in [0.2, 0.25) is 0 Å². The Morgan fingerprint density at radius 3 is 2.71 bits per heavy atom. The second kappa shape index (κ2) is 4.34. The number of pyridine rings is 1. The highest BCUT2D eigenvalue weighted by atomic mass is 79.9. The van der Waals surface area contributed by atoms with Crippen LogP contribution in [0.3, 0.4) is 0 Å². The Morgan fingerprint density at radius 2 is 2.00 bits per heavy atom. The van der Waals surface area contributed by atoms with Gasteiger partial charge in [-0.15, -0.1) is 12.4 Å². The molecule has 0 saturated heterocycles. The lowest BCUT2D eigenvalue weighted by Crippen LogP contribution is -1.80. The number of hydrogen-bond acceptors (Lipinski definition) is 2. The van der Waals surface area contributed by atoms with Gasteiger partial charge in [0.25, 0.3) is 0 Å². The van der Waals surface area contributed by atoms with E-state index >= 15 is 0 Å². The van der Waals surface area contributed by atoms with Crippen molar-refractivity contribution in [2.24, 2.45) is 0 Å². The minimum atomic E-state index is 0. The first-order valence-corrected chi connectivity index (χ1v) is 4.78. The van der Waals surface area contributed by atoms with Crippen LogP contribution in [0.15, 0.2) is 28.9 Å². The molecule has 2 aromatic rings. The molecule has 0 aliphatic carbocycles. The Balaban J connectivity index is 0.000000980. The summed E-state index contributed by atoms with van der Waals surface area (Å²) in [6, 6.07) is 5.15. The van der Waals surface area contributed by atoms with Crippen molar-refractivity contribution in [1.82, 2.24) is 4.98 Å². The standard InChI is InChI=1S/C9H5BrClNO.ClH/c10-8-3-6(11)1-5-2-7(13)4-12-9(5)8;/h1-4,13H;1H. The van der Waals surface area contributed by atoms with Gasteiger partial charge in [0.05, 0.1) is 11.7 Å². The monoisotopic (exact) mass is 293 g/mol. The second-order valence-electron chi connectivity index (χ2n) is 2.65. The molecule has 0 amide bonds. The zero-order valence-corrected chi connectivity index (χ0v) is 10.0. The molecule has 1 aromatic carbocycles. The summed E-state index contributed by atoms with van der Waals surface area (Å²) in [5.74, 6) is 0.140. The topological polar surface area (TPSA) is 33.1 Å². The minimum Gasteiger partial charge on any atom is -0.506 e. The number of nitrogens with zero attached hydrogens (tertiary/aromatic N) is 1. The van der Waals surface area contributed by atoms with Gasteiger partial charge in [0.15, 0.2) is 0 Å². The van der Waals surface area contributed by atoms with E-state index in [0.29, 0.717) is 5.02 Å². The highest BCUT2D eigenvalue weighted by Crippen LogP contribution is 2.28. The van der Waals surface area contributed by atoms with E-state index in [-0.39, 0.29) is 18.2 Å². The van der Waals surface area contributed by atoms with Crippen molar-refractivity contribution in [2.45, 2.75) is 0 Å². The van der Waals surface area contributed by atoms with Crippen molar-refractivity contribution < 1.29 is 5.11 Å². The van der Waals surface area contributed by atoms with Gasteiger partial charge in [-0.25, -0.2) is 0 Å². The first-order chi connectivity index (χ1) is 6.16. The van der Waals surface area contributed by atoms with Crippen LogP contribution in [-0.4, -0.2) is 10.1 Å². The first kappa shape index (κ1) is 11.6. The van der Waals surface area contributed by atoms with Crippen LogP contribution in [0.5, 0.6) is 5.75 Å².